The van der Waals surface area contributed by atoms with Crippen LogP contribution in [0.4, 0.5) is 20.1 Å². The highest BCUT2D eigenvalue weighted by Gasteiger charge is 2.31. The fourth-order valence-corrected chi connectivity index (χ4v) is 4.10. The number of nitrogens with zero attached hydrogens (tertiary/aromatic N) is 2. The number of esters is 1. The number of halogens is 2. The van der Waals surface area contributed by atoms with Crippen LogP contribution in [-0.4, -0.2) is 40.6 Å². The molecule has 2 aromatic rings. The first-order chi connectivity index (χ1) is 15.4. The number of imidazole rings is 1. The van der Waals surface area contributed by atoms with E-state index in [1.165, 1.54) is 13.2 Å². The Balaban J connectivity index is 2.16. The Hall–Kier alpha value is -2.79. The molecule has 2 bridgehead atoms. The van der Waals surface area contributed by atoms with E-state index in [1.807, 2.05) is 0 Å². The van der Waals surface area contributed by atoms with Crippen molar-refractivity contribution in [2.24, 2.45) is 0 Å². The summed E-state index contributed by atoms with van der Waals surface area (Å²) >= 11 is 6.28. The molecule has 2 N–H and O–H groups in total. The van der Waals surface area contributed by atoms with Crippen LogP contribution in [-0.2, 0) is 19.1 Å². The number of amides is 2. The number of nitrogens with one attached hydrogen (secondary N) is 2. The minimum absolute atomic E-state index is 0.0507. The van der Waals surface area contributed by atoms with Gasteiger partial charge in [0.2, 0.25) is 5.91 Å². The number of hydrogen-bond acceptors (Lipinski definition) is 7. The Bertz CT molecular complexity index is 1030. The minimum atomic E-state index is -0.837. The van der Waals surface area contributed by atoms with Crippen molar-refractivity contribution in [3.8, 4) is 11.3 Å². The molecule has 1 unspecified atom stereocenters. The Morgan fingerprint density at radius 3 is 2.88 bits per heavy atom. The van der Waals surface area contributed by atoms with Crippen molar-refractivity contribution >= 4 is 53.3 Å². The molecule has 172 valence electrons. The predicted molar refractivity (Wildman–Crippen MR) is 119 cm³/mol. The molecule has 12 heteroatoms. The topological polar surface area (TPSA) is 112 Å². The van der Waals surface area contributed by atoms with Crippen LogP contribution < -0.4 is 10.6 Å². The maximum atomic E-state index is 13.9. The van der Waals surface area contributed by atoms with Gasteiger partial charge in [0.15, 0.2) is 12.3 Å². The molecule has 1 atom stereocenters. The second-order valence-corrected chi connectivity index (χ2v) is 7.81. The molecule has 3 rings (SSSR count). The molecule has 1 aromatic heterocycles. The van der Waals surface area contributed by atoms with Gasteiger partial charge in [-0.3, -0.25) is 14.9 Å². The van der Waals surface area contributed by atoms with Crippen LogP contribution in [0, 0.1) is 0 Å². The van der Waals surface area contributed by atoms with Crippen molar-refractivity contribution in [2.45, 2.75) is 38.5 Å². The van der Waals surface area contributed by atoms with Gasteiger partial charge in [-0.05, 0) is 38.0 Å². The summed E-state index contributed by atoms with van der Waals surface area (Å²) in [6, 6.07) is 4.67. The van der Waals surface area contributed by atoms with Crippen molar-refractivity contribution in [1.29, 1.82) is 0 Å². The lowest BCUT2D eigenvalue weighted by Gasteiger charge is -2.16. The maximum Gasteiger partial charge on any atom is 0.411 e. The molecular formula is C20H22ClFN4O5S. The van der Waals surface area contributed by atoms with Crippen molar-refractivity contribution in [1.82, 2.24) is 8.96 Å². The number of benzene rings is 1. The van der Waals surface area contributed by atoms with Crippen molar-refractivity contribution in [3.05, 3.63) is 29.2 Å². The van der Waals surface area contributed by atoms with Gasteiger partial charge in [-0.15, -0.1) is 3.89 Å². The standard InChI is InChI=1S/C20H22ClFN4O5S/c1-3-31-19(28)13-6-4-5-7-15(27)24-14-10-11(23-20(29)30-2)8-9-12(14)16-17(21)26(32-22)18(13)25-16/h8-10,13H,3-7H2,1-2H3,(H,23,29)(H,24,27). The van der Waals surface area contributed by atoms with E-state index in [-0.39, 0.29) is 47.9 Å². The molecule has 1 aliphatic heterocycles. The largest absolute Gasteiger partial charge is 0.465 e. The lowest BCUT2D eigenvalue weighted by Crippen LogP contribution is -2.19. The third-order valence-corrected chi connectivity index (χ3v) is 5.84. The summed E-state index contributed by atoms with van der Waals surface area (Å²) in [5, 5.41) is 5.27. The summed E-state index contributed by atoms with van der Waals surface area (Å²) < 4.78 is 24.7. The first kappa shape index (κ1) is 23.9. The van der Waals surface area contributed by atoms with Crippen LogP contribution in [0.5, 0.6) is 0 Å². The molecule has 1 aromatic carbocycles. The van der Waals surface area contributed by atoms with Gasteiger partial charge in [0.1, 0.15) is 22.6 Å². The van der Waals surface area contributed by atoms with Gasteiger partial charge in [0.05, 0.1) is 19.4 Å². The summed E-state index contributed by atoms with van der Waals surface area (Å²) in [6.07, 6.45) is 0.880. The van der Waals surface area contributed by atoms with E-state index in [0.717, 1.165) is 3.97 Å². The third kappa shape index (κ3) is 5.16. The number of carbonyl (C=O) groups is 3. The Kier molecular flexibility index (Phi) is 7.97. The number of fused-ring (bicyclic) bond motifs is 4. The summed E-state index contributed by atoms with van der Waals surface area (Å²) in [5.41, 5.74) is 1.26. The molecule has 1 aliphatic rings. The number of methoxy groups -OCH3 is 1. The quantitative estimate of drug-likeness (QED) is 0.592. The molecular weight excluding hydrogens is 463 g/mol. The number of aromatic nitrogens is 2. The first-order valence-electron chi connectivity index (χ1n) is 9.92. The zero-order valence-corrected chi connectivity index (χ0v) is 19.0. The van der Waals surface area contributed by atoms with E-state index in [1.54, 1.807) is 19.1 Å². The Morgan fingerprint density at radius 1 is 1.41 bits per heavy atom. The first-order valence-corrected chi connectivity index (χ1v) is 11.0. The Morgan fingerprint density at radius 2 is 2.19 bits per heavy atom. The van der Waals surface area contributed by atoms with Crippen LogP contribution in [0.3, 0.4) is 0 Å². The van der Waals surface area contributed by atoms with Crippen LogP contribution in [0.2, 0.25) is 5.15 Å². The summed E-state index contributed by atoms with van der Waals surface area (Å²) in [4.78, 5) is 41.2. The van der Waals surface area contributed by atoms with Crippen molar-refractivity contribution in [3.63, 3.8) is 0 Å². The van der Waals surface area contributed by atoms with Crippen LogP contribution in [0.1, 0.15) is 44.3 Å². The van der Waals surface area contributed by atoms with Crippen molar-refractivity contribution in [2.75, 3.05) is 24.4 Å². The molecule has 9 nitrogen and oxygen atoms in total. The van der Waals surface area contributed by atoms with Crippen molar-refractivity contribution < 1.29 is 27.7 Å². The molecule has 0 radical (unpaired) electrons. The van der Waals surface area contributed by atoms with Gasteiger partial charge in [-0.1, -0.05) is 18.0 Å². The fourth-order valence-electron chi connectivity index (χ4n) is 3.40. The number of ether oxygens (including phenoxy) is 2. The Labute approximate surface area is 193 Å². The smallest absolute Gasteiger partial charge is 0.411 e. The van der Waals surface area contributed by atoms with E-state index < -0.39 is 18.0 Å². The molecule has 2 amide bonds. The van der Waals surface area contributed by atoms with E-state index in [9.17, 15) is 18.3 Å². The SMILES string of the molecule is CCOC(=O)C1CCCCC(=O)Nc2cc(NC(=O)OC)ccc2-c2nc1n(SF)c2Cl. The van der Waals surface area contributed by atoms with Crippen LogP contribution in [0.15, 0.2) is 18.2 Å². The lowest BCUT2D eigenvalue weighted by atomic mass is 10.00. The highest BCUT2D eigenvalue weighted by atomic mass is 35.5. The van der Waals surface area contributed by atoms with Gasteiger partial charge in [0.25, 0.3) is 0 Å². The van der Waals surface area contributed by atoms with Crippen LogP contribution in [0.25, 0.3) is 11.3 Å². The molecule has 0 spiro atoms. The van der Waals surface area contributed by atoms with Gasteiger partial charge in [-0.25, -0.2) is 13.8 Å². The fraction of sp³-hybridized carbons (Fsp3) is 0.400. The molecule has 0 aliphatic carbocycles. The lowest BCUT2D eigenvalue weighted by molar-refractivity contribution is -0.145. The maximum absolute atomic E-state index is 13.9. The van der Waals surface area contributed by atoms with E-state index >= 15 is 0 Å². The van der Waals surface area contributed by atoms with Gasteiger partial charge < -0.3 is 14.8 Å². The average Bonchev–Trinajstić information content (AvgIpc) is 3.09. The second-order valence-electron chi connectivity index (χ2n) is 6.95. The zero-order valence-electron chi connectivity index (χ0n) is 17.4. The average molecular weight is 485 g/mol. The van der Waals surface area contributed by atoms with Gasteiger partial charge in [0, 0.05) is 17.7 Å². The van der Waals surface area contributed by atoms with E-state index in [0.29, 0.717) is 36.2 Å². The number of anilines is 2. The normalized spacial score (nSPS) is 16.1. The predicted octanol–water partition coefficient (Wildman–Crippen LogP) is 4.92. The number of rotatable bonds is 4. The third-order valence-electron chi connectivity index (χ3n) is 4.89. The highest BCUT2D eigenvalue weighted by Crippen LogP contribution is 2.40. The molecule has 0 fully saturated rings. The molecule has 32 heavy (non-hydrogen) atoms. The zero-order chi connectivity index (χ0) is 23.3. The summed E-state index contributed by atoms with van der Waals surface area (Å²) in [6.45, 7) is 1.85. The van der Waals surface area contributed by atoms with Crippen LogP contribution >= 0.6 is 23.9 Å². The summed E-state index contributed by atoms with van der Waals surface area (Å²) in [5.74, 6) is -1.50. The number of hydrogen-bond donors (Lipinski definition) is 2. The second kappa shape index (κ2) is 10.7. The number of carbonyl (C=O) groups excluding carboxylic acids is 3. The molecule has 0 saturated carbocycles. The van der Waals surface area contributed by atoms with E-state index in [2.05, 4.69) is 20.4 Å². The summed E-state index contributed by atoms with van der Waals surface area (Å²) in [7, 11) is 1.23. The molecule has 0 saturated heterocycles. The highest BCUT2D eigenvalue weighted by molar-refractivity contribution is 7.92. The molecule has 2 heterocycles. The van der Waals surface area contributed by atoms with E-state index in [4.69, 9.17) is 16.3 Å². The monoisotopic (exact) mass is 484 g/mol. The van der Waals surface area contributed by atoms with Gasteiger partial charge >= 0.3 is 12.1 Å². The minimum Gasteiger partial charge on any atom is -0.465 e. The van der Waals surface area contributed by atoms with Gasteiger partial charge in [-0.2, -0.15) is 0 Å².